The third kappa shape index (κ3) is 3.10. The highest BCUT2D eigenvalue weighted by atomic mass is 16.5. The molecule has 0 aromatic heterocycles. The number of carbonyl (C=O) groups excluding carboxylic acids is 1. The minimum Gasteiger partial charge on any atom is -0.461 e. The first-order valence-corrected chi connectivity index (χ1v) is 7.41. The lowest BCUT2D eigenvalue weighted by Gasteiger charge is -2.47. The molecule has 2 saturated carbocycles. The number of allylic oxidation sites excluding steroid dienone is 2. The van der Waals surface area contributed by atoms with Crippen LogP contribution in [0.1, 0.15) is 59.3 Å². The summed E-state index contributed by atoms with van der Waals surface area (Å²) in [6.45, 7) is 10.8. The van der Waals surface area contributed by atoms with E-state index in [-0.39, 0.29) is 5.97 Å². The van der Waals surface area contributed by atoms with E-state index in [9.17, 15) is 4.79 Å². The minimum atomic E-state index is -0.192. The highest BCUT2D eigenvalue weighted by Crippen LogP contribution is 2.53. The normalized spacial score (nSPS) is 33.6. The topological polar surface area (TPSA) is 26.3 Å². The van der Waals surface area contributed by atoms with Gasteiger partial charge in [0.25, 0.3) is 0 Å². The van der Waals surface area contributed by atoms with E-state index in [4.69, 9.17) is 4.74 Å². The van der Waals surface area contributed by atoms with E-state index in [0.717, 1.165) is 12.8 Å². The molecule has 106 valence electrons. The predicted octanol–water partition coefficient (Wildman–Crippen LogP) is 4.41. The van der Waals surface area contributed by atoms with Crippen LogP contribution in [0.3, 0.4) is 0 Å². The molecule has 0 unspecified atom stereocenters. The third-order valence-electron chi connectivity index (χ3n) is 5.12. The Labute approximate surface area is 116 Å². The summed E-state index contributed by atoms with van der Waals surface area (Å²) in [5.41, 5.74) is 4.63. The number of esters is 1. The van der Waals surface area contributed by atoms with Gasteiger partial charge in [-0.1, -0.05) is 24.6 Å². The molecule has 0 bridgehead atoms. The monoisotopic (exact) mass is 262 g/mol. The second-order valence-electron chi connectivity index (χ2n) is 6.59. The molecule has 0 spiro atoms. The molecular weight excluding hydrogens is 236 g/mol. The van der Waals surface area contributed by atoms with Crippen LogP contribution in [0, 0.1) is 11.3 Å². The molecule has 0 heterocycles. The second kappa shape index (κ2) is 5.52. The maximum Gasteiger partial charge on any atom is 0.302 e. The van der Waals surface area contributed by atoms with E-state index in [0.29, 0.717) is 17.9 Å². The van der Waals surface area contributed by atoms with Crippen molar-refractivity contribution in [2.45, 2.75) is 59.3 Å². The number of carbonyl (C=O) groups is 1. The standard InChI is InChI=1S/C17H26O2/c1-12-6-5-8-17(4)9-7-15(10-16(12)17)13(2)11-19-14(3)18/h16H,1,5-11H2,2-4H3/b15-13+/t16-,17+/m0/s1. The van der Waals surface area contributed by atoms with Crippen molar-refractivity contribution in [3.8, 4) is 0 Å². The van der Waals surface area contributed by atoms with Crippen LogP contribution in [0.5, 0.6) is 0 Å². The highest BCUT2D eigenvalue weighted by Gasteiger charge is 2.41. The van der Waals surface area contributed by atoms with Gasteiger partial charge < -0.3 is 4.74 Å². The Morgan fingerprint density at radius 3 is 2.79 bits per heavy atom. The molecule has 2 fully saturated rings. The first-order chi connectivity index (χ1) is 8.92. The van der Waals surface area contributed by atoms with E-state index < -0.39 is 0 Å². The van der Waals surface area contributed by atoms with Gasteiger partial charge in [0.2, 0.25) is 0 Å². The van der Waals surface area contributed by atoms with Crippen molar-refractivity contribution < 1.29 is 9.53 Å². The van der Waals surface area contributed by atoms with Gasteiger partial charge in [-0.15, -0.1) is 0 Å². The Morgan fingerprint density at radius 1 is 1.37 bits per heavy atom. The van der Waals surface area contributed by atoms with Crippen LogP contribution in [-0.4, -0.2) is 12.6 Å². The van der Waals surface area contributed by atoms with Crippen LogP contribution in [0.15, 0.2) is 23.3 Å². The minimum absolute atomic E-state index is 0.192. The molecule has 2 heteroatoms. The van der Waals surface area contributed by atoms with Crippen molar-refractivity contribution in [3.63, 3.8) is 0 Å². The van der Waals surface area contributed by atoms with Crippen LogP contribution in [0.25, 0.3) is 0 Å². The summed E-state index contributed by atoms with van der Waals surface area (Å²) in [7, 11) is 0. The molecule has 2 aliphatic rings. The summed E-state index contributed by atoms with van der Waals surface area (Å²) in [6.07, 6.45) is 7.38. The Morgan fingerprint density at radius 2 is 2.11 bits per heavy atom. The Hall–Kier alpha value is -1.05. The summed E-state index contributed by atoms with van der Waals surface area (Å²) in [5, 5.41) is 0. The first-order valence-electron chi connectivity index (χ1n) is 7.41. The molecule has 0 aliphatic heterocycles. The zero-order chi connectivity index (χ0) is 14.0. The van der Waals surface area contributed by atoms with Gasteiger partial charge in [-0.2, -0.15) is 0 Å². The van der Waals surface area contributed by atoms with Crippen LogP contribution in [0.2, 0.25) is 0 Å². The summed E-state index contributed by atoms with van der Waals surface area (Å²) < 4.78 is 5.13. The van der Waals surface area contributed by atoms with Gasteiger partial charge in [0.05, 0.1) is 0 Å². The lowest BCUT2D eigenvalue weighted by molar-refractivity contribution is -0.140. The highest BCUT2D eigenvalue weighted by molar-refractivity contribution is 5.66. The Bertz CT molecular complexity index is 419. The van der Waals surface area contributed by atoms with Gasteiger partial charge in [0.15, 0.2) is 0 Å². The first kappa shape index (κ1) is 14.4. The van der Waals surface area contributed by atoms with Gasteiger partial charge in [-0.25, -0.2) is 0 Å². The van der Waals surface area contributed by atoms with E-state index >= 15 is 0 Å². The summed E-state index contributed by atoms with van der Waals surface area (Å²) in [6, 6.07) is 0. The van der Waals surface area contributed by atoms with Crippen LogP contribution >= 0.6 is 0 Å². The average Bonchev–Trinajstić information content (AvgIpc) is 2.35. The van der Waals surface area contributed by atoms with Crippen molar-refractivity contribution in [1.82, 2.24) is 0 Å². The average molecular weight is 262 g/mol. The molecule has 2 nitrogen and oxygen atoms in total. The van der Waals surface area contributed by atoms with Crippen molar-refractivity contribution in [1.29, 1.82) is 0 Å². The molecule has 2 atom stereocenters. The van der Waals surface area contributed by atoms with Gasteiger partial charge in [-0.3, -0.25) is 4.79 Å². The van der Waals surface area contributed by atoms with E-state index in [1.54, 1.807) is 0 Å². The fourth-order valence-electron chi connectivity index (χ4n) is 3.73. The van der Waals surface area contributed by atoms with Gasteiger partial charge in [0, 0.05) is 6.92 Å². The van der Waals surface area contributed by atoms with E-state index in [1.165, 1.54) is 49.3 Å². The smallest absolute Gasteiger partial charge is 0.302 e. The van der Waals surface area contributed by atoms with Gasteiger partial charge in [-0.05, 0) is 62.4 Å². The zero-order valence-electron chi connectivity index (χ0n) is 12.6. The Balaban J connectivity index is 2.09. The van der Waals surface area contributed by atoms with Crippen LogP contribution in [-0.2, 0) is 9.53 Å². The van der Waals surface area contributed by atoms with Gasteiger partial charge in [0.1, 0.15) is 6.61 Å². The van der Waals surface area contributed by atoms with Crippen molar-refractivity contribution >= 4 is 5.97 Å². The summed E-state index contributed by atoms with van der Waals surface area (Å²) in [4.78, 5) is 10.9. The zero-order valence-corrected chi connectivity index (χ0v) is 12.6. The van der Waals surface area contributed by atoms with E-state index in [1.807, 2.05) is 0 Å². The fraction of sp³-hybridized carbons (Fsp3) is 0.706. The van der Waals surface area contributed by atoms with Crippen LogP contribution < -0.4 is 0 Å². The number of ether oxygens (including phenoxy) is 1. The lowest BCUT2D eigenvalue weighted by atomic mass is 9.58. The maximum absolute atomic E-state index is 10.9. The molecular formula is C17H26O2. The fourth-order valence-corrected chi connectivity index (χ4v) is 3.73. The lowest BCUT2D eigenvalue weighted by Crippen LogP contribution is -2.36. The number of hydrogen-bond donors (Lipinski definition) is 0. The molecule has 19 heavy (non-hydrogen) atoms. The van der Waals surface area contributed by atoms with Crippen molar-refractivity contribution in [2.75, 3.05) is 6.61 Å². The predicted molar refractivity (Wildman–Crippen MR) is 77.8 cm³/mol. The molecule has 0 amide bonds. The molecule has 0 saturated heterocycles. The van der Waals surface area contributed by atoms with Crippen LogP contribution in [0.4, 0.5) is 0 Å². The third-order valence-corrected chi connectivity index (χ3v) is 5.12. The number of hydrogen-bond acceptors (Lipinski definition) is 2. The van der Waals surface area contributed by atoms with E-state index in [2.05, 4.69) is 20.4 Å². The number of fused-ring (bicyclic) bond motifs is 1. The summed E-state index contributed by atoms with van der Waals surface area (Å²) in [5.74, 6) is 0.444. The molecule has 0 radical (unpaired) electrons. The number of rotatable bonds is 2. The molecule has 0 N–H and O–H groups in total. The molecule has 2 aliphatic carbocycles. The van der Waals surface area contributed by atoms with Crippen molar-refractivity contribution in [3.05, 3.63) is 23.3 Å². The maximum atomic E-state index is 10.9. The SMILES string of the molecule is C=C1CCC[C@]2(C)CC/C(=C(/C)COC(C)=O)C[C@@H]12. The quantitative estimate of drug-likeness (QED) is 0.544. The van der Waals surface area contributed by atoms with Crippen molar-refractivity contribution in [2.24, 2.45) is 11.3 Å². The molecule has 2 rings (SSSR count). The Kier molecular flexibility index (Phi) is 4.17. The molecule has 0 aromatic carbocycles. The summed E-state index contributed by atoms with van der Waals surface area (Å²) >= 11 is 0. The largest absolute Gasteiger partial charge is 0.461 e. The second-order valence-corrected chi connectivity index (χ2v) is 6.59. The van der Waals surface area contributed by atoms with Gasteiger partial charge >= 0.3 is 5.97 Å². The molecule has 0 aromatic rings.